The lowest BCUT2D eigenvalue weighted by molar-refractivity contribution is -0.134. The number of hydrogen-bond acceptors (Lipinski definition) is 4. The number of likely N-dealkylation sites (tertiary alicyclic amines) is 1. The average molecular weight is 451 g/mol. The van der Waals surface area contributed by atoms with E-state index in [0.29, 0.717) is 18.2 Å². The van der Waals surface area contributed by atoms with Gasteiger partial charge >= 0.3 is 11.9 Å². The number of nitrogens with zero attached hydrogens (tertiary/aromatic N) is 2. The molecule has 1 amide bonds. The Labute approximate surface area is 194 Å². The minimum absolute atomic E-state index is 0.0883. The van der Waals surface area contributed by atoms with Crippen LogP contribution in [0.3, 0.4) is 0 Å². The third-order valence-corrected chi connectivity index (χ3v) is 5.29. The highest BCUT2D eigenvalue weighted by Crippen LogP contribution is 2.18. The number of rotatable bonds is 7. The Bertz CT molecular complexity index is 933. The molecule has 0 unspecified atom stereocenters. The normalized spacial score (nSPS) is 14.6. The molecule has 0 atom stereocenters. The molecular weight excluding hydrogens is 420 g/mol. The Balaban J connectivity index is 0.000000414. The summed E-state index contributed by atoms with van der Waals surface area (Å²) in [4.78, 5) is 35.9. The summed E-state index contributed by atoms with van der Waals surface area (Å²) >= 11 is 0. The number of hydrogen-bond donors (Lipinski definition) is 2. The van der Waals surface area contributed by atoms with Crippen molar-refractivity contribution in [2.45, 2.75) is 25.4 Å². The van der Waals surface area contributed by atoms with Crippen LogP contribution in [0, 0.1) is 0 Å². The van der Waals surface area contributed by atoms with E-state index in [2.05, 4.69) is 35.2 Å². The number of carbonyl (C=O) groups excluding carboxylic acids is 1. The van der Waals surface area contributed by atoms with E-state index in [9.17, 15) is 14.4 Å². The van der Waals surface area contributed by atoms with Gasteiger partial charge in [0, 0.05) is 51.0 Å². The lowest BCUT2D eigenvalue weighted by Gasteiger charge is -2.36. The molecule has 2 aromatic rings. The van der Waals surface area contributed by atoms with Crippen LogP contribution in [0.5, 0.6) is 0 Å². The van der Waals surface area contributed by atoms with Crippen molar-refractivity contribution in [2.24, 2.45) is 0 Å². The average Bonchev–Trinajstić information content (AvgIpc) is 2.83. The van der Waals surface area contributed by atoms with Crippen LogP contribution in [-0.2, 0) is 20.9 Å². The molecular formula is C26H30N2O5. The third kappa shape index (κ3) is 9.97. The number of piperidine rings is 1. The van der Waals surface area contributed by atoms with Crippen molar-refractivity contribution in [1.29, 1.82) is 0 Å². The fourth-order valence-electron chi connectivity index (χ4n) is 3.48. The highest BCUT2D eigenvalue weighted by molar-refractivity contribution is 5.91. The van der Waals surface area contributed by atoms with Gasteiger partial charge < -0.3 is 15.1 Å². The van der Waals surface area contributed by atoms with Crippen LogP contribution in [0.1, 0.15) is 24.0 Å². The van der Waals surface area contributed by atoms with Crippen molar-refractivity contribution in [3.8, 4) is 0 Å². The standard InChI is InChI=1S/C22H26N2O.C4H4O4/c1-23(22(25)13-12-19-8-4-2-5-9-19)21-14-16-24(17-15-21)18-20-10-6-3-7-11-20;5-3(6)1-2-4(7)8/h2-13,21H,14-18H2,1H3;1-2H,(H,5,6)(H,7,8)/b13-12+;2-1+. The molecule has 0 spiro atoms. The Hall–Kier alpha value is -3.71. The zero-order valence-corrected chi connectivity index (χ0v) is 18.7. The lowest BCUT2D eigenvalue weighted by Crippen LogP contribution is -2.44. The van der Waals surface area contributed by atoms with Crippen molar-refractivity contribution >= 4 is 23.9 Å². The predicted octanol–water partition coefficient (Wildman–Crippen LogP) is 3.53. The van der Waals surface area contributed by atoms with Crippen molar-refractivity contribution in [3.63, 3.8) is 0 Å². The molecule has 1 fully saturated rings. The summed E-state index contributed by atoms with van der Waals surface area (Å²) in [5.74, 6) is -2.43. The first kappa shape index (κ1) is 25.5. The molecule has 7 nitrogen and oxygen atoms in total. The molecule has 3 rings (SSSR count). The smallest absolute Gasteiger partial charge is 0.328 e. The SMILES string of the molecule is CN(C(=O)/C=C/c1ccccc1)C1CCN(Cc2ccccc2)CC1.O=C(O)/C=C/C(=O)O. The molecule has 174 valence electrons. The molecule has 0 aliphatic carbocycles. The molecule has 2 N–H and O–H groups in total. The fraction of sp³-hybridized carbons (Fsp3) is 0.269. The number of amides is 1. The maximum absolute atomic E-state index is 12.4. The Morgan fingerprint density at radius 2 is 1.39 bits per heavy atom. The number of carboxylic acids is 2. The molecule has 1 aliphatic rings. The first-order valence-electron chi connectivity index (χ1n) is 10.8. The van der Waals surface area contributed by atoms with Gasteiger partial charge in [0.1, 0.15) is 0 Å². The topological polar surface area (TPSA) is 98.2 Å². The summed E-state index contributed by atoms with van der Waals surface area (Å²) in [5, 5.41) is 15.6. The van der Waals surface area contributed by atoms with E-state index in [1.54, 1.807) is 6.08 Å². The number of carboxylic acid groups (broad SMARTS) is 2. The van der Waals surface area contributed by atoms with Gasteiger partial charge in [-0.25, -0.2) is 9.59 Å². The van der Waals surface area contributed by atoms with Crippen LogP contribution >= 0.6 is 0 Å². The van der Waals surface area contributed by atoms with Gasteiger partial charge in [0.2, 0.25) is 5.91 Å². The largest absolute Gasteiger partial charge is 0.478 e. The third-order valence-electron chi connectivity index (χ3n) is 5.29. The van der Waals surface area contributed by atoms with E-state index in [1.807, 2.05) is 48.4 Å². The minimum Gasteiger partial charge on any atom is -0.478 e. The molecule has 1 heterocycles. The van der Waals surface area contributed by atoms with E-state index >= 15 is 0 Å². The molecule has 33 heavy (non-hydrogen) atoms. The molecule has 0 bridgehead atoms. The van der Waals surface area contributed by atoms with Gasteiger partial charge in [-0.15, -0.1) is 0 Å². The Morgan fingerprint density at radius 3 is 1.91 bits per heavy atom. The highest BCUT2D eigenvalue weighted by Gasteiger charge is 2.24. The van der Waals surface area contributed by atoms with Crippen LogP contribution in [0.25, 0.3) is 6.08 Å². The Morgan fingerprint density at radius 1 is 0.879 bits per heavy atom. The highest BCUT2D eigenvalue weighted by atomic mass is 16.4. The second-order valence-electron chi connectivity index (χ2n) is 7.70. The quantitative estimate of drug-likeness (QED) is 0.626. The van der Waals surface area contributed by atoms with Crippen molar-refractivity contribution in [1.82, 2.24) is 9.80 Å². The summed E-state index contributed by atoms with van der Waals surface area (Å²) in [7, 11) is 1.93. The van der Waals surface area contributed by atoms with Crippen LogP contribution in [-0.4, -0.2) is 64.0 Å². The monoisotopic (exact) mass is 450 g/mol. The molecule has 1 saturated heterocycles. The number of likely N-dealkylation sites (N-methyl/N-ethyl adjacent to an activating group) is 1. The van der Waals surface area contributed by atoms with Crippen LogP contribution < -0.4 is 0 Å². The van der Waals surface area contributed by atoms with Crippen LogP contribution in [0.15, 0.2) is 78.9 Å². The molecule has 0 aromatic heterocycles. The van der Waals surface area contributed by atoms with Gasteiger partial charge in [-0.1, -0.05) is 60.7 Å². The van der Waals surface area contributed by atoms with Gasteiger partial charge in [-0.05, 0) is 30.0 Å². The Kier molecular flexibility index (Phi) is 10.6. The molecule has 1 aliphatic heterocycles. The van der Waals surface area contributed by atoms with Gasteiger partial charge in [-0.3, -0.25) is 9.69 Å². The van der Waals surface area contributed by atoms with Gasteiger partial charge in [0.05, 0.1) is 0 Å². The molecule has 0 saturated carbocycles. The van der Waals surface area contributed by atoms with E-state index in [-0.39, 0.29) is 5.91 Å². The number of carbonyl (C=O) groups is 3. The fourth-order valence-corrected chi connectivity index (χ4v) is 3.48. The second kappa shape index (κ2) is 13.6. The van der Waals surface area contributed by atoms with E-state index in [4.69, 9.17) is 10.2 Å². The van der Waals surface area contributed by atoms with Crippen molar-refractivity contribution in [2.75, 3.05) is 20.1 Å². The van der Waals surface area contributed by atoms with Gasteiger partial charge in [0.15, 0.2) is 0 Å². The van der Waals surface area contributed by atoms with Gasteiger partial charge in [-0.2, -0.15) is 0 Å². The predicted molar refractivity (Wildman–Crippen MR) is 127 cm³/mol. The van der Waals surface area contributed by atoms with Crippen LogP contribution in [0.2, 0.25) is 0 Å². The summed E-state index contributed by atoms with van der Waals surface area (Å²) < 4.78 is 0. The van der Waals surface area contributed by atoms with E-state index in [0.717, 1.165) is 38.0 Å². The minimum atomic E-state index is -1.26. The van der Waals surface area contributed by atoms with Crippen molar-refractivity contribution < 1.29 is 24.6 Å². The summed E-state index contributed by atoms with van der Waals surface area (Å²) in [6.45, 7) is 3.08. The van der Waals surface area contributed by atoms with Crippen LogP contribution in [0.4, 0.5) is 0 Å². The summed E-state index contributed by atoms with van der Waals surface area (Å²) in [5.41, 5.74) is 2.41. The zero-order valence-electron chi connectivity index (χ0n) is 18.7. The van der Waals surface area contributed by atoms with Gasteiger partial charge in [0.25, 0.3) is 0 Å². The molecule has 7 heteroatoms. The molecule has 0 radical (unpaired) electrons. The summed E-state index contributed by atoms with van der Waals surface area (Å²) in [6, 6.07) is 20.9. The first-order chi connectivity index (χ1) is 15.8. The maximum Gasteiger partial charge on any atom is 0.328 e. The molecule has 2 aromatic carbocycles. The van der Waals surface area contributed by atoms with E-state index < -0.39 is 11.9 Å². The zero-order chi connectivity index (χ0) is 24.1. The lowest BCUT2D eigenvalue weighted by atomic mass is 10.0. The maximum atomic E-state index is 12.4. The second-order valence-corrected chi connectivity index (χ2v) is 7.70. The number of benzene rings is 2. The first-order valence-corrected chi connectivity index (χ1v) is 10.8. The number of aliphatic carboxylic acids is 2. The van der Waals surface area contributed by atoms with E-state index in [1.165, 1.54) is 5.56 Å². The van der Waals surface area contributed by atoms with Crippen molar-refractivity contribution in [3.05, 3.63) is 90.0 Å². The summed E-state index contributed by atoms with van der Waals surface area (Å²) in [6.07, 6.45) is 6.77.